The Labute approximate surface area is 105 Å². The summed E-state index contributed by atoms with van der Waals surface area (Å²) in [5, 5.41) is 27.7. The monoisotopic (exact) mass is 333 g/mol. The average Bonchev–Trinajstić information content (AvgIpc) is 2.21. The van der Waals surface area contributed by atoms with Gasteiger partial charge in [0.1, 0.15) is 6.10 Å². The third kappa shape index (κ3) is 3.28. The summed E-state index contributed by atoms with van der Waals surface area (Å²) in [6, 6.07) is 7.10. The molecule has 0 spiro atoms. The highest BCUT2D eigenvalue weighted by Crippen LogP contribution is 2.29. The fourth-order valence-electron chi connectivity index (χ4n) is 1.15. The minimum atomic E-state index is -1.07. The van der Waals surface area contributed by atoms with Gasteiger partial charge in [-0.3, -0.25) is 0 Å². The molecule has 0 saturated heterocycles. The van der Waals surface area contributed by atoms with Crippen molar-refractivity contribution < 1.29 is 10.2 Å². The first kappa shape index (κ1) is 12.7. The minimum absolute atomic E-state index is 0.0971. The standard InChI is InChI=1S/C10H9Br2NO2/c11-6-1-2-8(12)7(5-6)10(15)9(14)3-4-13/h1-2,5,9-10,14-15H,3H2. The molecule has 2 atom stereocenters. The maximum absolute atomic E-state index is 9.77. The molecule has 80 valence electrons. The second-order valence-corrected chi connectivity index (χ2v) is 4.81. The van der Waals surface area contributed by atoms with Crippen LogP contribution in [-0.4, -0.2) is 16.3 Å². The number of hydrogen-bond donors (Lipinski definition) is 2. The highest BCUT2D eigenvalue weighted by atomic mass is 79.9. The van der Waals surface area contributed by atoms with Crippen LogP contribution in [0.2, 0.25) is 0 Å². The fourth-order valence-corrected chi connectivity index (χ4v) is 2.01. The molecule has 0 aliphatic heterocycles. The van der Waals surface area contributed by atoms with Crippen molar-refractivity contribution >= 4 is 31.9 Å². The zero-order chi connectivity index (χ0) is 11.4. The summed E-state index contributed by atoms with van der Waals surface area (Å²) in [5.41, 5.74) is 0.562. The topological polar surface area (TPSA) is 64.2 Å². The van der Waals surface area contributed by atoms with Gasteiger partial charge in [-0.05, 0) is 23.8 Å². The minimum Gasteiger partial charge on any atom is -0.389 e. The van der Waals surface area contributed by atoms with E-state index < -0.39 is 12.2 Å². The number of halogens is 2. The fraction of sp³-hybridized carbons (Fsp3) is 0.300. The summed E-state index contributed by atoms with van der Waals surface area (Å²) in [6.07, 6.45) is -2.22. The molecule has 0 fully saturated rings. The van der Waals surface area contributed by atoms with Crippen molar-refractivity contribution in [3.63, 3.8) is 0 Å². The highest BCUT2D eigenvalue weighted by molar-refractivity contribution is 9.11. The van der Waals surface area contributed by atoms with Gasteiger partial charge in [0.05, 0.1) is 18.6 Å². The van der Waals surface area contributed by atoms with E-state index in [9.17, 15) is 10.2 Å². The number of nitriles is 1. The Hall–Kier alpha value is -0.410. The van der Waals surface area contributed by atoms with Crippen molar-refractivity contribution in [3.05, 3.63) is 32.7 Å². The second kappa shape index (κ2) is 5.61. The van der Waals surface area contributed by atoms with Crippen LogP contribution in [-0.2, 0) is 0 Å². The van der Waals surface area contributed by atoms with Gasteiger partial charge in [-0.2, -0.15) is 5.26 Å². The van der Waals surface area contributed by atoms with E-state index in [4.69, 9.17) is 5.26 Å². The molecule has 0 aliphatic rings. The van der Waals surface area contributed by atoms with Crippen LogP contribution in [0.25, 0.3) is 0 Å². The number of hydrogen-bond acceptors (Lipinski definition) is 3. The molecule has 0 amide bonds. The Morgan fingerprint density at radius 2 is 2.00 bits per heavy atom. The largest absolute Gasteiger partial charge is 0.389 e. The Morgan fingerprint density at radius 1 is 1.33 bits per heavy atom. The number of nitrogens with zero attached hydrogens (tertiary/aromatic N) is 1. The molecule has 1 aromatic rings. The molecule has 0 saturated carbocycles. The Bertz CT molecular complexity index is 389. The number of rotatable bonds is 3. The molecule has 1 aromatic carbocycles. The summed E-state index contributed by atoms with van der Waals surface area (Å²) < 4.78 is 1.51. The summed E-state index contributed by atoms with van der Waals surface area (Å²) >= 11 is 6.55. The van der Waals surface area contributed by atoms with Crippen LogP contribution < -0.4 is 0 Å². The number of aliphatic hydroxyl groups is 2. The zero-order valence-corrected chi connectivity index (χ0v) is 10.9. The second-order valence-electron chi connectivity index (χ2n) is 3.04. The van der Waals surface area contributed by atoms with Gasteiger partial charge in [0.25, 0.3) is 0 Å². The summed E-state index contributed by atoms with van der Waals surface area (Å²) in [4.78, 5) is 0. The lowest BCUT2D eigenvalue weighted by Crippen LogP contribution is -2.17. The Kier molecular flexibility index (Phi) is 4.74. The zero-order valence-electron chi connectivity index (χ0n) is 7.69. The van der Waals surface area contributed by atoms with Gasteiger partial charge in [0.15, 0.2) is 0 Å². The van der Waals surface area contributed by atoms with Crippen molar-refractivity contribution in [2.75, 3.05) is 0 Å². The van der Waals surface area contributed by atoms with Crippen LogP contribution in [0.1, 0.15) is 18.1 Å². The molecule has 2 N–H and O–H groups in total. The summed E-state index contributed by atoms with van der Waals surface area (Å²) in [7, 11) is 0. The van der Waals surface area contributed by atoms with E-state index in [1.165, 1.54) is 0 Å². The van der Waals surface area contributed by atoms with E-state index in [0.29, 0.717) is 10.0 Å². The van der Waals surface area contributed by atoms with Gasteiger partial charge in [-0.15, -0.1) is 0 Å². The van der Waals surface area contributed by atoms with Gasteiger partial charge in [0.2, 0.25) is 0 Å². The first-order valence-electron chi connectivity index (χ1n) is 4.24. The SMILES string of the molecule is N#CCC(O)C(O)c1cc(Br)ccc1Br. The van der Waals surface area contributed by atoms with Gasteiger partial charge >= 0.3 is 0 Å². The van der Waals surface area contributed by atoms with Crippen molar-refractivity contribution in [3.8, 4) is 6.07 Å². The first-order chi connectivity index (χ1) is 7.06. The molecular formula is C10H9Br2NO2. The molecule has 15 heavy (non-hydrogen) atoms. The van der Waals surface area contributed by atoms with Crippen molar-refractivity contribution in [1.29, 1.82) is 5.26 Å². The van der Waals surface area contributed by atoms with Gasteiger partial charge < -0.3 is 10.2 Å². The summed E-state index contributed by atoms with van der Waals surface area (Å²) in [6.45, 7) is 0. The molecule has 0 bridgehead atoms. The smallest absolute Gasteiger partial charge is 0.107 e. The quantitative estimate of drug-likeness (QED) is 0.892. The number of aliphatic hydroxyl groups excluding tert-OH is 2. The molecule has 0 radical (unpaired) electrons. The van der Waals surface area contributed by atoms with Crippen molar-refractivity contribution in [1.82, 2.24) is 0 Å². The molecule has 2 unspecified atom stereocenters. The Balaban J connectivity index is 2.95. The van der Waals surface area contributed by atoms with Crippen LogP contribution in [0.15, 0.2) is 27.1 Å². The molecule has 3 nitrogen and oxygen atoms in total. The van der Waals surface area contributed by atoms with E-state index in [0.717, 1.165) is 4.47 Å². The van der Waals surface area contributed by atoms with Crippen molar-refractivity contribution in [2.45, 2.75) is 18.6 Å². The first-order valence-corrected chi connectivity index (χ1v) is 5.83. The van der Waals surface area contributed by atoms with Crippen molar-refractivity contribution in [2.24, 2.45) is 0 Å². The molecule has 0 aromatic heterocycles. The van der Waals surface area contributed by atoms with E-state index in [1.54, 1.807) is 12.1 Å². The highest BCUT2D eigenvalue weighted by Gasteiger charge is 2.20. The summed E-state index contributed by atoms with van der Waals surface area (Å²) in [5.74, 6) is 0. The molecule has 0 aliphatic carbocycles. The van der Waals surface area contributed by atoms with E-state index in [1.807, 2.05) is 12.1 Å². The lowest BCUT2D eigenvalue weighted by atomic mass is 10.0. The molecule has 1 rings (SSSR count). The van der Waals surface area contributed by atoms with Gasteiger partial charge in [0, 0.05) is 8.95 Å². The predicted octanol–water partition coefficient (Wildman–Crippen LogP) is 2.52. The van der Waals surface area contributed by atoms with E-state index >= 15 is 0 Å². The van der Waals surface area contributed by atoms with Crippen LogP contribution in [0.4, 0.5) is 0 Å². The molecule has 0 heterocycles. The van der Waals surface area contributed by atoms with Gasteiger partial charge in [-0.25, -0.2) is 0 Å². The maximum Gasteiger partial charge on any atom is 0.107 e. The van der Waals surface area contributed by atoms with Gasteiger partial charge in [-0.1, -0.05) is 31.9 Å². The van der Waals surface area contributed by atoms with Crippen LogP contribution in [0.5, 0.6) is 0 Å². The number of benzene rings is 1. The lowest BCUT2D eigenvalue weighted by Gasteiger charge is -2.17. The predicted molar refractivity (Wildman–Crippen MR) is 63.0 cm³/mol. The van der Waals surface area contributed by atoms with Crippen LogP contribution in [0, 0.1) is 11.3 Å². The lowest BCUT2D eigenvalue weighted by molar-refractivity contribution is 0.0212. The maximum atomic E-state index is 9.77. The molecular weight excluding hydrogens is 326 g/mol. The van der Waals surface area contributed by atoms with Crippen LogP contribution in [0.3, 0.4) is 0 Å². The Morgan fingerprint density at radius 3 is 2.60 bits per heavy atom. The molecule has 5 heteroatoms. The third-order valence-corrected chi connectivity index (χ3v) is 3.16. The normalized spacial score (nSPS) is 14.3. The average molecular weight is 335 g/mol. The van der Waals surface area contributed by atoms with E-state index in [-0.39, 0.29) is 6.42 Å². The van der Waals surface area contributed by atoms with Crippen LogP contribution >= 0.6 is 31.9 Å². The third-order valence-electron chi connectivity index (χ3n) is 1.94. The van der Waals surface area contributed by atoms with E-state index in [2.05, 4.69) is 31.9 Å².